The van der Waals surface area contributed by atoms with Crippen molar-refractivity contribution in [3.63, 3.8) is 0 Å². The summed E-state index contributed by atoms with van der Waals surface area (Å²) in [6.45, 7) is 15.1. The van der Waals surface area contributed by atoms with E-state index in [2.05, 4.69) is 111 Å². The Morgan fingerprint density at radius 3 is 1.24 bits per heavy atom. The van der Waals surface area contributed by atoms with Gasteiger partial charge in [0.25, 0.3) is 0 Å². The number of hydrogen-bond acceptors (Lipinski definition) is 3. The summed E-state index contributed by atoms with van der Waals surface area (Å²) in [7, 11) is -2.07. The third-order valence-electron chi connectivity index (χ3n) is 1.34. The van der Waals surface area contributed by atoms with E-state index in [-0.39, 0.29) is 0 Å². The molecule has 0 radical (unpaired) electrons. The highest BCUT2D eigenvalue weighted by atomic mass is 127. The Labute approximate surface area is 148 Å². The summed E-state index contributed by atoms with van der Waals surface area (Å²) in [4.78, 5) is 0. The van der Waals surface area contributed by atoms with Crippen LogP contribution in [0.25, 0.3) is 0 Å². The molecule has 0 bridgehead atoms. The Hall–Kier alpha value is 2.94. The molecule has 1 unspecified atom stereocenters. The van der Waals surface area contributed by atoms with Crippen LogP contribution >= 0.6 is 65.4 Å². The molecule has 0 aromatic heterocycles. The zero-order valence-electron chi connectivity index (χ0n) is 11.4. The van der Waals surface area contributed by atoms with Crippen LogP contribution in [0.3, 0.4) is 0 Å². The lowest BCUT2D eigenvalue weighted by atomic mass is 11.9. The van der Waals surface area contributed by atoms with Crippen LogP contribution in [-0.2, 0) is 12.3 Å². The SMILES string of the molecule is C[Si](C)(I)O[Si](C)(C)O[Si](C)(I)O[Si](C)(C)I. The molecule has 0 aliphatic heterocycles. The largest absolute Gasteiger partial charge is 0.428 e. The second-order valence-corrected chi connectivity index (χ2v) is 39.1. The fourth-order valence-electron chi connectivity index (χ4n) is 1.50. The van der Waals surface area contributed by atoms with Gasteiger partial charge < -0.3 is 12.3 Å². The van der Waals surface area contributed by atoms with Crippen molar-refractivity contribution in [1.29, 1.82) is 0 Å². The molecule has 0 spiro atoms. The number of hydrogen-bond donors (Lipinski definition) is 0. The van der Waals surface area contributed by atoms with Crippen LogP contribution in [0.5, 0.6) is 0 Å². The third kappa shape index (κ3) is 12.4. The molecule has 17 heavy (non-hydrogen) atoms. The predicted octanol–water partition coefficient (Wildman–Crippen LogP) is 5.02. The maximum Gasteiger partial charge on any atom is 0.386 e. The Bertz CT molecular complexity index is 236. The summed E-state index contributed by atoms with van der Waals surface area (Å²) in [6, 6.07) is -2.09. The average Bonchev–Trinajstić information content (AvgIpc) is 1.65. The molecule has 1 atom stereocenters. The van der Waals surface area contributed by atoms with Crippen LogP contribution in [0.2, 0.25) is 45.8 Å². The van der Waals surface area contributed by atoms with Gasteiger partial charge in [-0.25, -0.2) is 0 Å². The van der Waals surface area contributed by atoms with Gasteiger partial charge in [-0.05, 0) is 45.8 Å². The van der Waals surface area contributed by atoms with Crippen molar-refractivity contribution in [2.75, 3.05) is 0 Å². The summed E-state index contributed by atoms with van der Waals surface area (Å²) < 4.78 is 18.6. The number of halogens is 3. The molecule has 0 amide bonds. The van der Waals surface area contributed by atoms with Gasteiger partial charge in [-0.3, -0.25) is 0 Å². The molecule has 0 aromatic carbocycles. The highest BCUT2D eigenvalue weighted by molar-refractivity contribution is 14.1. The van der Waals surface area contributed by atoms with E-state index >= 15 is 0 Å². The maximum absolute atomic E-state index is 6.26. The van der Waals surface area contributed by atoms with Crippen LogP contribution in [0.15, 0.2) is 0 Å². The highest BCUT2D eigenvalue weighted by Crippen LogP contribution is 2.30. The molecule has 10 heteroatoms. The van der Waals surface area contributed by atoms with Crippen molar-refractivity contribution in [2.45, 2.75) is 45.8 Å². The van der Waals surface area contributed by atoms with Crippen LogP contribution in [-0.4, -0.2) is 26.2 Å². The molecule has 0 saturated heterocycles. The zero-order chi connectivity index (χ0) is 14.1. The average molecular weight is 646 g/mol. The molecule has 0 aliphatic carbocycles. The van der Waals surface area contributed by atoms with Crippen LogP contribution in [0.1, 0.15) is 0 Å². The molecule has 0 fully saturated rings. The first-order valence-corrected chi connectivity index (χ1v) is 25.6. The van der Waals surface area contributed by atoms with Crippen molar-refractivity contribution in [2.24, 2.45) is 0 Å². The summed E-state index contributed by atoms with van der Waals surface area (Å²) >= 11 is 7.23. The second kappa shape index (κ2) is 6.80. The molecule has 0 aromatic rings. The lowest BCUT2D eigenvalue weighted by molar-refractivity contribution is 0.357. The van der Waals surface area contributed by atoms with Crippen LogP contribution in [0, 0.1) is 0 Å². The minimum absolute atomic E-state index is 1.57. The van der Waals surface area contributed by atoms with E-state index < -0.39 is 26.2 Å². The fraction of sp³-hybridized carbons (Fsp3) is 1.00. The topological polar surface area (TPSA) is 27.7 Å². The normalized spacial score (nSPS) is 18.0. The lowest BCUT2D eigenvalue weighted by Gasteiger charge is -2.37. The first kappa shape index (κ1) is 19.9. The molecular weight excluding hydrogens is 625 g/mol. The van der Waals surface area contributed by atoms with E-state index in [4.69, 9.17) is 12.3 Å². The number of rotatable bonds is 6. The molecule has 0 N–H and O–H groups in total. The van der Waals surface area contributed by atoms with E-state index in [0.29, 0.717) is 0 Å². The van der Waals surface area contributed by atoms with Gasteiger partial charge in [0.05, 0.1) is 0 Å². The summed E-state index contributed by atoms with van der Waals surface area (Å²) in [5, 5.41) is 0. The molecule has 0 saturated carbocycles. The minimum atomic E-state index is -2.09. The maximum atomic E-state index is 6.26. The van der Waals surface area contributed by atoms with Crippen molar-refractivity contribution < 1.29 is 12.3 Å². The molecular formula is C7H21I3O3Si4. The quantitative estimate of drug-likeness (QED) is 0.231. The summed E-state index contributed by atoms with van der Waals surface area (Å²) in [6.07, 6.45) is 0. The van der Waals surface area contributed by atoms with Gasteiger partial charge in [-0.15, -0.1) is 0 Å². The lowest BCUT2D eigenvalue weighted by Crippen LogP contribution is -2.53. The summed E-state index contributed by atoms with van der Waals surface area (Å²) in [5.41, 5.74) is 0. The van der Waals surface area contributed by atoms with Crippen molar-refractivity contribution in [3.8, 4) is 0 Å². The van der Waals surface area contributed by atoms with Gasteiger partial charge in [-0.2, -0.15) is 0 Å². The Kier molecular flexibility index (Phi) is 7.97. The first-order valence-electron chi connectivity index (χ1n) is 5.29. The minimum Gasteiger partial charge on any atom is -0.428 e. The smallest absolute Gasteiger partial charge is 0.386 e. The van der Waals surface area contributed by atoms with Crippen LogP contribution in [0.4, 0.5) is 0 Å². The standard InChI is InChI=1S/C7H21I3O3Si4/c1-14(2,8)11-16(5,6)13-17(7,10)12-15(3,4)9/h1-7H3. The Morgan fingerprint density at radius 1 is 0.588 bits per heavy atom. The molecule has 104 valence electrons. The van der Waals surface area contributed by atoms with E-state index in [1.54, 1.807) is 0 Å². The summed E-state index contributed by atoms with van der Waals surface area (Å²) in [5.74, 6) is -3.15. The van der Waals surface area contributed by atoms with Crippen molar-refractivity contribution in [1.82, 2.24) is 0 Å². The van der Waals surface area contributed by atoms with Crippen LogP contribution < -0.4 is 0 Å². The van der Waals surface area contributed by atoms with Gasteiger partial charge >= 0.3 is 14.6 Å². The molecule has 0 aliphatic rings. The zero-order valence-corrected chi connectivity index (χ0v) is 21.8. The van der Waals surface area contributed by atoms with Gasteiger partial charge in [0.1, 0.15) is 0 Å². The third-order valence-corrected chi connectivity index (χ3v) is 20.0. The first-order chi connectivity index (χ1) is 7.12. The van der Waals surface area contributed by atoms with Gasteiger partial charge in [0, 0.05) is 0 Å². The predicted molar refractivity (Wildman–Crippen MR) is 109 cm³/mol. The van der Waals surface area contributed by atoms with Crippen molar-refractivity contribution in [3.05, 3.63) is 0 Å². The van der Waals surface area contributed by atoms with E-state index in [1.165, 1.54) is 0 Å². The Balaban J connectivity index is 4.59. The molecule has 3 nitrogen and oxygen atoms in total. The second-order valence-electron chi connectivity index (χ2n) is 5.27. The van der Waals surface area contributed by atoms with Gasteiger partial charge in [0.2, 0.25) is 11.6 Å². The molecule has 0 rings (SSSR count). The monoisotopic (exact) mass is 646 g/mol. The molecule has 0 heterocycles. The Morgan fingerprint density at radius 2 is 0.941 bits per heavy atom. The highest BCUT2D eigenvalue weighted by Gasteiger charge is 2.43. The van der Waals surface area contributed by atoms with E-state index in [0.717, 1.165) is 0 Å². The van der Waals surface area contributed by atoms with E-state index in [9.17, 15) is 0 Å². The van der Waals surface area contributed by atoms with Crippen molar-refractivity contribution >= 4 is 91.6 Å². The van der Waals surface area contributed by atoms with Gasteiger partial charge in [-0.1, -0.05) is 65.4 Å². The van der Waals surface area contributed by atoms with E-state index in [1.807, 2.05) is 0 Å². The van der Waals surface area contributed by atoms with Gasteiger partial charge in [0.15, 0.2) is 0 Å². The fourth-order valence-corrected chi connectivity index (χ4v) is 36.3.